The first kappa shape index (κ1) is 21.4. The van der Waals surface area contributed by atoms with Crippen LogP contribution in [-0.4, -0.2) is 30.8 Å². The highest BCUT2D eigenvalue weighted by molar-refractivity contribution is 6.29. The van der Waals surface area contributed by atoms with Crippen molar-refractivity contribution in [3.8, 4) is 0 Å². The molecule has 1 amide bonds. The van der Waals surface area contributed by atoms with Gasteiger partial charge in [0, 0.05) is 24.1 Å². The molecule has 2 unspecified atom stereocenters. The number of carbonyl (C=O) groups excluding carboxylic acids is 1. The number of amides is 1. The van der Waals surface area contributed by atoms with Crippen LogP contribution in [0.1, 0.15) is 23.5 Å². The molecule has 0 spiro atoms. The van der Waals surface area contributed by atoms with Crippen molar-refractivity contribution in [1.29, 1.82) is 0 Å². The van der Waals surface area contributed by atoms with E-state index in [4.69, 9.17) is 17.3 Å². The van der Waals surface area contributed by atoms with Crippen LogP contribution in [0, 0.1) is 0 Å². The summed E-state index contributed by atoms with van der Waals surface area (Å²) in [5.41, 5.74) is 12.2. The normalized spacial score (nSPS) is 25.0. The van der Waals surface area contributed by atoms with Crippen LogP contribution in [0.4, 0.5) is 13.2 Å². The third-order valence-corrected chi connectivity index (χ3v) is 5.19. The number of primary amides is 1. The lowest BCUT2D eigenvalue weighted by molar-refractivity contribution is -0.137. The van der Waals surface area contributed by atoms with E-state index in [9.17, 15) is 18.0 Å². The summed E-state index contributed by atoms with van der Waals surface area (Å²) in [6.07, 6.45) is 0.932. The van der Waals surface area contributed by atoms with Crippen LogP contribution in [0.2, 0.25) is 0 Å². The summed E-state index contributed by atoms with van der Waals surface area (Å²) in [4.78, 5) is 11.6. The second-order valence-electron chi connectivity index (χ2n) is 7.08. The smallest absolute Gasteiger partial charge is 0.385 e. The van der Waals surface area contributed by atoms with Gasteiger partial charge in [0.1, 0.15) is 11.5 Å². The Kier molecular flexibility index (Phi) is 6.16. The Balaban J connectivity index is 1.89. The molecule has 1 aliphatic carbocycles. The Hall–Kier alpha value is -3.27. The highest BCUT2D eigenvalue weighted by Gasteiger charge is 2.33. The SMILES string of the molecule is N/N=C1/C(C(N)=O)=CC=C/C1=C(/N)NC1CNCCC1c1cccc(C(F)(F)F)c1. The standard InChI is InChI=1S/C20H23F3N6O/c21-20(22,23)12-4-1-3-11(9-12)13-7-8-27-10-16(13)28-18(24)14-5-2-6-15(19(25)30)17(14)29-26/h1-6,9,13,16,27-28H,7-8,10,24,26H2,(H2,25,30)/b18-14+,29-17+. The number of nitrogens with zero attached hydrogens (tertiary/aromatic N) is 1. The van der Waals surface area contributed by atoms with Gasteiger partial charge in [-0.15, -0.1) is 0 Å². The molecule has 2 atom stereocenters. The van der Waals surface area contributed by atoms with E-state index in [2.05, 4.69) is 15.7 Å². The summed E-state index contributed by atoms with van der Waals surface area (Å²) in [5.74, 6) is 4.74. The van der Waals surface area contributed by atoms with Crippen molar-refractivity contribution in [2.45, 2.75) is 24.6 Å². The van der Waals surface area contributed by atoms with Crippen LogP contribution in [-0.2, 0) is 11.0 Å². The Morgan fingerprint density at radius 2 is 2.03 bits per heavy atom. The first-order valence-corrected chi connectivity index (χ1v) is 9.33. The number of rotatable bonds is 4. The molecule has 10 heteroatoms. The van der Waals surface area contributed by atoms with Gasteiger partial charge in [-0.25, -0.2) is 0 Å². The minimum absolute atomic E-state index is 0.121. The molecule has 0 aromatic heterocycles. The average molecular weight is 420 g/mol. The molecule has 0 saturated carbocycles. The number of nitrogens with one attached hydrogen (secondary N) is 2. The molecule has 1 aromatic rings. The highest BCUT2D eigenvalue weighted by atomic mass is 19.4. The van der Waals surface area contributed by atoms with E-state index in [0.29, 0.717) is 30.6 Å². The largest absolute Gasteiger partial charge is 0.416 e. The first-order valence-electron chi connectivity index (χ1n) is 9.33. The summed E-state index contributed by atoms with van der Waals surface area (Å²) in [7, 11) is 0. The van der Waals surface area contributed by atoms with Gasteiger partial charge in [0.25, 0.3) is 5.91 Å². The summed E-state index contributed by atoms with van der Waals surface area (Å²) in [5, 5.41) is 10.0. The molecule has 1 aliphatic heterocycles. The second kappa shape index (κ2) is 8.62. The zero-order chi connectivity index (χ0) is 21.9. The fourth-order valence-corrected chi connectivity index (χ4v) is 3.73. The maximum absolute atomic E-state index is 13.1. The Bertz CT molecular complexity index is 948. The van der Waals surface area contributed by atoms with Crippen LogP contribution in [0.25, 0.3) is 0 Å². The van der Waals surface area contributed by atoms with Crippen LogP contribution < -0.4 is 27.9 Å². The van der Waals surface area contributed by atoms with Crippen LogP contribution in [0.5, 0.6) is 0 Å². The first-order chi connectivity index (χ1) is 14.2. The average Bonchev–Trinajstić information content (AvgIpc) is 2.72. The van der Waals surface area contributed by atoms with Crippen molar-refractivity contribution < 1.29 is 18.0 Å². The topological polar surface area (TPSA) is 132 Å². The highest BCUT2D eigenvalue weighted by Crippen LogP contribution is 2.33. The summed E-state index contributed by atoms with van der Waals surface area (Å²) >= 11 is 0. The molecular weight excluding hydrogens is 397 g/mol. The predicted molar refractivity (Wildman–Crippen MR) is 108 cm³/mol. The molecule has 1 saturated heterocycles. The molecule has 8 N–H and O–H groups in total. The predicted octanol–water partition coefficient (Wildman–Crippen LogP) is 1.21. The van der Waals surface area contributed by atoms with E-state index in [1.54, 1.807) is 18.2 Å². The number of nitrogens with two attached hydrogens (primary N) is 3. The number of carbonyl (C=O) groups is 1. The van der Waals surface area contributed by atoms with E-state index >= 15 is 0 Å². The Morgan fingerprint density at radius 3 is 2.70 bits per heavy atom. The zero-order valence-electron chi connectivity index (χ0n) is 16.0. The van der Waals surface area contributed by atoms with Gasteiger partial charge >= 0.3 is 6.18 Å². The minimum Gasteiger partial charge on any atom is -0.385 e. The summed E-state index contributed by atoms with van der Waals surface area (Å²) in [6.45, 7) is 1.16. The van der Waals surface area contributed by atoms with Gasteiger partial charge < -0.3 is 27.9 Å². The lowest BCUT2D eigenvalue weighted by atomic mass is 9.85. The molecule has 0 radical (unpaired) electrons. The van der Waals surface area contributed by atoms with Gasteiger partial charge in [-0.3, -0.25) is 4.79 Å². The van der Waals surface area contributed by atoms with Crippen LogP contribution >= 0.6 is 0 Å². The van der Waals surface area contributed by atoms with Crippen LogP contribution in [0.15, 0.2) is 64.6 Å². The van der Waals surface area contributed by atoms with E-state index < -0.39 is 17.6 Å². The maximum atomic E-state index is 13.1. The van der Waals surface area contributed by atoms with Crippen molar-refractivity contribution in [1.82, 2.24) is 10.6 Å². The number of halogens is 3. The van der Waals surface area contributed by atoms with Gasteiger partial charge in [0.2, 0.25) is 0 Å². The van der Waals surface area contributed by atoms with Crippen molar-refractivity contribution in [2.75, 3.05) is 13.1 Å². The fraction of sp³-hybridized carbons (Fsp3) is 0.300. The number of piperidine rings is 1. The number of hydrazone groups is 1. The molecule has 2 aliphatic rings. The molecule has 160 valence electrons. The van der Waals surface area contributed by atoms with E-state index in [1.165, 1.54) is 18.2 Å². The molecule has 1 fully saturated rings. The van der Waals surface area contributed by atoms with Gasteiger partial charge in [0.05, 0.1) is 11.1 Å². The summed E-state index contributed by atoms with van der Waals surface area (Å²) in [6, 6.07) is 5.04. The van der Waals surface area contributed by atoms with Crippen LogP contribution in [0.3, 0.4) is 0 Å². The minimum atomic E-state index is -4.41. The molecular formula is C20H23F3N6O. The molecule has 30 heavy (non-hydrogen) atoms. The second-order valence-corrected chi connectivity index (χ2v) is 7.08. The van der Waals surface area contributed by atoms with Gasteiger partial charge in [-0.05, 0) is 36.7 Å². The van der Waals surface area contributed by atoms with E-state index in [-0.39, 0.29) is 29.1 Å². The number of allylic oxidation sites excluding steroid dienone is 4. The monoisotopic (exact) mass is 420 g/mol. The number of benzene rings is 1. The van der Waals surface area contributed by atoms with E-state index in [1.807, 2.05) is 0 Å². The van der Waals surface area contributed by atoms with Gasteiger partial charge in [-0.1, -0.05) is 24.3 Å². The molecule has 1 aromatic carbocycles. The lowest BCUT2D eigenvalue weighted by Crippen LogP contribution is -2.49. The van der Waals surface area contributed by atoms with E-state index in [0.717, 1.165) is 6.07 Å². The molecule has 1 heterocycles. The molecule has 3 rings (SSSR count). The number of hydrogen-bond acceptors (Lipinski definition) is 6. The Labute approximate surface area is 171 Å². The van der Waals surface area contributed by atoms with Gasteiger partial charge in [0.15, 0.2) is 0 Å². The third-order valence-electron chi connectivity index (χ3n) is 5.19. The lowest BCUT2D eigenvalue weighted by Gasteiger charge is -2.34. The third kappa shape index (κ3) is 4.48. The van der Waals surface area contributed by atoms with Crippen molar-refractivity contribution >= 4 is 11.6 Å². The molecule has 7 nitrogen and oxygen atoms in total. The quantitative estimate of drug-likeness (QED) is 0.369. The van der Waals surface area contributed by atoms with Crippen molar-refractivity contribution in [3.05, 3.63) is 70.6 Å². The maximum Gasteiger partial charge on any atom is 0.416 e. The van der Waals surface area contributed by atoms with Crippen molar-refractivity contribution in [2.24, 2.45) is 22.4 Å². The number of hydrogen-bond donors (Lipinski definition) is 5. The number of alkyl halides is 3. The summed E-state index contributed by atoms with van der Waals surface area (Å²) < 4.78 is 39.4. The molecule has 0 bridgehead atoms. The Morgan fingerprint density at radius 1 is 1.27 bits per heavy atom. The van der Waals surface area contributed by atoms with Gasteiger partial charge in [-0.2, -0.15) is 18.3 Å². The zero-order valence-corrected chi connectivity index (χ0v) is 16.0. The fourth-order valence-electron chi connectivity index (χ4n) is 3.73. The van der Waals surface area contributed by atoms with Crippen molar-refractivity contribution in [3.63, 3.8) is 0 Å².